The van der Waals surface area contributed by atoms with Crippen LogP contribution in [0.5, 0.6) is 0 Å². The van der Waals surface area contributed by atoms with Crippen molar-refractivity contribution in [3.05, 3.63) is 35.4 Å². The molecule has 2 atom stereocenters. The highest BCUT2D eigenvalue weighted by Gasteiger charge is 2.58. The molecule has 1 aromatic carbocycles. The summed E-state index contributed by atoms with van der Waals surface area (Å²) >= 11 is 0. The minimum atomic E-state index is -0.312. The third-order valence-electron chi connectivity index (χ3n) is 6.13. The van der Waals surface area contributed by atoms with E-state index < -0.39 is 0 Å². The van der Waals surface area contributed by atoms with Gasteiger partial charge in [-0.15, -0.1) is 0 Å². The summed E-state index contributed by atoms with van der Waals surface area (Å²) in [7, 11) is 0. The maximum atomic E-state index is 11.3. The summed E-state index contributed by atoms with van der Waals surface area (Å²) in [4.78, 5) is 11.3. The number of benzene rings is 1. The Bertz CT molecular complexity index is 530. The Hall–Kier alpha value is -1.35. The number of carbonyl (C=O) groups is 1. The standard InChI is InChI=1S/C17H22N2O/c18-17(20)13-4-1-3-12(9-13)14-10-19(11-14)15-5-2-6-16(19)8-7-15/h1,3-4,9,14-16H,2,5-8,10-11H2,(H-,18,20)/p+1. The predicted molar refractivity (Wildman–Crippen MR) is 78.4 cm³/mol. The second-order valence-corrected chi connectivity index (χ2v) is 6.97. The summed E-state index contributed by atoms with van der Waals surface area (Å²) < 4.78 is 1.39. The zero-order valence-corrected chi connectivity index (χ0v) is 11.9. The van der Waals surface area contributed by atoms with Crippen molar-refractivity contribution in [3.63, 3.8) is 0 Å². The van der Waals surface area contributed by atoms with E-state index in [1.807, 2.05) is 18.2 Å². The number of nitrogens with zero attached hydrogens (tertiary/aromatic N) is 1. The van der Waals surface area contributed by atoms with Gasteiger partial charge in [-0.3, -0.25) is 4.79 Å². The van der Waals surface area contributed by atoms with E-state index in [-0.39, 0.29) is 5.91 Å². The second kappa shape index (κ2) is 4.32. The fourth-order valence-corrected chi connectivity index (χ4v) is 5.11. The molecule has 1 amide bonds. The lowest BCUT2D eigenvalue weighted by Gasteiger charge is -2.57. The van der Waals surface area contributed by atoms with Crippen molar-refractivity contribution in [2.45, 2.75) is 50.1 Å². The minimum Gasteiger partial charge on any atom is -0.366 e. The van der Waals surface area contributed by atoms with Crippen molar-refractivity contribution in [2.75, 3.05) is 13.1 Å². The number of amides is 1. The number of rotatable bonds is 2. The van der Waals surface area contributed by atoms with Crippen LogP contribution in [0.1, 0.15) is 53.9 Å². The third-order valence-corrected chi connectivity index (χ3v) is 6.13. The minimum absolute atomic E-state index is 0.312. The molecule has 2 bridgehead atoms. The summed E-state index contributed by atoms with van der Waals surface area (Å²) in [5, 5.41) is 0. The van der Waals surface area contributed by atoms with Crippen molar-refractivity contribution in [1.29, 1.82) is 0 Å². The Kier molecular flexibility index (Phi) is 2.68. The number of nitrogens with two attached hydrogens (primary N) is 1. The molecule has 3 heterocycles. The molecule has 20 heavy (non-hydrogen) atoms. The summed E-state index contributed by atoms with van der Waals surface area (Å²) in [6, 6.07) is 9.84. The van der Waals surface area contributed by atoms with Gasteiger partial charge in [0.1, 0.15) is 0 Å². The van der Waals surface area contributed by atoms with Crippen molar-refractivity contribution >= 4 is 5.91 Å². The monoisotopic (exact) mass is 271 g/mol. The Morgan fingerprint density at radius 1 is 1.10 bits per heavy atom. The van der Waals surface area contributed by atoms with E-state index in [2.05, 4.69) is 6.07 Å². The molecule has 2 N–H and O–H groups in total. The van der Waals surface area contributed by atoms with Gasteiger partial charge in [0.05, 0.1) is 31.1 Å². The van der Waals surface area contributed by atoms with Crippen LogP contribution < -0.4 is 5.73 Å². The van der Waals surface area contributed by atoms with Crippen molar-refractivity contribution in [3.8, 4) is 0 Å². The molecule has 0 aromatic heterocycles. The normalized spacial score (nSPS) is 38.7. The Balaban J connectivity index is 1.54. The molecule has 3 nitrogen and oxygen atoms in total. The Morgan fingerprint density at radius 2 is 1.80 bits per heavy atom. The van der Waals surface area contributed by atoms with E-state index in [9.17, 15) is 4.79 Å². The van der Waals surface area contributed by atoms with Gasteiger partial charge in [0, 0.05) is 18.4 Å². The van der Waals surface area contributed by atoms with Gasteiger partial charge >= 0.3 is 0 Å². The van der Waals surface area contributed by atoms with Crippen LogP contribution in [-0.4, -0.2) is 35.6 Å². The van der Waals surface area contributed by atoms with E-state index in [1.165, 1.54) is 55.2 Å². The van der Waals surface area contributed by atoms with Crippen molar-refractivity contribution < 1.29 is 9.28 Å². The first-order chi connectivity index (χ1) is 9.69. The second-order valence-electron chi connectivity index (χ2n) is 6.97. The van der Waals surface area contributed by atoms with Crippen LogP contribution in [0.15, 0.2) is 24.3 Å². The average Bonchev–Trinajstić information content (AvgIpc) is 2.60. The fourth-order valence-electron chi connectivity index (χ4n) is 5.11. The number of hydrogen-bond donors (Lipinski definition) is 1. The number of hydrogen-bond acceptors (Lipinski definition) is 1. The van der Waals surface area contributed by atoms with E-state index in [0.717, 1.165) is 12.1 Å². The first kappa shape index (κ1) is 12.4. The van der Waals surface area contributed by atoms with Crippen LogP contribution in [-0.2, 0) is 0 Å². The van der Waals surface area contributed by atoms with Gasteiger partial charge in [0.15, 0.2) is 0 Å². The lowest BCUT2D eigenvalue weighted by molar-refractivity contribution is -1.00. The molecule has 4 rings (SSSR count). The van der Waals surface area contributed by atoms with E-state index >= 15 is 0 Å². The number of quaternary nitrogens is 1. The summed E-state index contributed by atoms with van der Waals surface area (Å²) in [6.45, 7) is 2.58. The van der Waals surface area contributed by atoms with Gasteiger partial charge < -0.3 is 10.2 Å². The van der Waals surface area contributed by atoms with Crippen LogP contribution in [0, 0.1) is 0 Å². The fraction of sp³-hybridized carbons (Fsp3) is 0.588. The van der Waals surface area contributed by atoms with Crippen LogP contribution >= 0.6 is 0 Å². The molecular weight excluding hydrogens is 248 g/mol. The van der Waals surface area contributed by atoms with Crippen LogP contribution in [0.3, 0.4) is 0 Å². The summed E-state index contributed by atoms with van der Waals surface area (Å²) in [5.74, 6) is 0.323. The van der Waals surface area contributed by atoms with Crippen LogP contribution in [0.4, 0.5) is 0 Å². The Morgan fingerprint density at radius 3 is 2.45 bits per heavy atom. The van der Waals surface area contributed by atoms with E-state index in [4.69, 9.17) is 5.73 Å². The number of piperidine rings is 1. The molecule has 0 aliphatic carbocycles. The number of carbonyl (C=O) groups excluding carboxylic acids is 1. The van der Waals surface area contributed by atoms with Crippen molar-refractivity contribution in [1.82, 2.24) is 0 Å². The molecule has 3 fully saturated rings. The zero-order valence-electron chi connectivity index (χ0n) is 11.9. The SMILES string of the molecule is NC(=O)c1cccc(C2C[N+]3(C2)C2CCCC3CC2)c1. The maximum Gasteiger partial charge on any atom is 0.248 e. The van der Waals surface area contributed by atoms with Crippen LogP contribution in [0.2, 0.25) is 0 Å². The van der Waals surface area contributed by atoms with Gasteiger partial charge in [-0.1, -0.05) is 12.1 Å². The molecular formula is C17H23N2O+. The zero-order chi connectivity index (χ0) is 13.7. The third kappa shape index (κ3) is 1.65. The highest BCUT2D eigenvalue weighted by atomic mass is 16.1. The first-order valence-corrected chi connectivity index (χ1v) is 7.95. The Labute approximate surface area is 120 Å². The molecule has 2 unspecified atom stereocenters. The molecule has 1 aromatic rings. The van der Waals surface area contributed by atoms with Gasteiger partial charge in [-0.05, 0) is 37.0 Å². The molecule has 0 radical (unpaired) electrons. The number of primary amides is 1. The molecule has 0 saturated carbocycles. The van der Waals surface area contributed by atoms with E-state index in [1.54, 1.807) is 0 Å². The molecule has 3 heteroatoms. The smallest absolute Gasteiger partial charge is 0.248 e. The predicted octanol–water partition coefficient (Wildman–Crippen LogP) is 2.41. The molecule has 1 spiro atoms. The first-order valence-electron chi connectivity index (χ1n) is 7.95. The largest absolute Gasteiger partial charge is 0.366 e. The van der Waals surface area contributed by atoms with Crippen LogP contribution in [0.25, 0.3) is 0 Å². The molecule has 106 valence electrons. The van der Waals surface area contributed by atoms with Crippen molar-refractivity contribution in [2.24, 2.45) is 5.73 Å². The lowest BCUT2D eigenvalue weighted by atomic mass is 9.82. The van der Waals surface area contributed by atoms with E-state index in [0.29, 0.717) is 11.5 Å². The quantitative estimate of drug-likeness (QED) is 0.825. The summed E-state index contributed by atoms with van der Waals surface area (Å²) in [6.07, 6.45) is 7.20. The molecule has 3 aliphatic heterocycles. The highest BCUT2D eigenvalue weighted by molar-refractivity contribution is 5.92. The maximum absolute atomic E-state index is 11.3. The van der Waals surface area contributed by atoms with Gasteiger partial charge in [-0.2, -0.15) is 0 Å². The topological polar surface area (TPSA) is 43.1 Å². The van der Waals surface area contributed by atoms with Gasteiger partial charge in [0.25, 0.3) is 0 Å². The molecule has 3 saturated heterocycles. The van der Waals surface area contributed by atoms with Gasteiger partial charge in [-0.25, -0.2) is 0 Å². The molecule has 3 aliphatic rings. The summed E-state index contributed by atoms with van der Waals surface area (Å²) in [5.41, 5.74) is 7.36. The van der Waals surface area contributed by atoms with Gasteiger partial charge in [0.2, 0.25) is 5.91 Å². The lowest BCUT2D eigenvalue weighted by Crippen LogP contribution is -2.69. The average molecular weight is 271 g/mol. The highest BCUT2D eigenvalue weighted by Crippen LogP contribution is 2.50.